The van der Waals surface area contributed by atoms with E-state index in [4.69, 9.17) is 4.42 Å². The number of halogens is 1. The molecule has 5 heteroatoms. The lowest BCUT2D eigenvalue weighted by atomic mass is 9.98. The van der Waals surface area contributed by atoms with E-state index in [2.05, 4.69) is 15.9 Å². The lowest BCUT2D eigenvalue weighted by Gasteiger charge is -2.26. The molecule has 1 amide bonds. The van der Waals surface area contributed by atoms with Crippen LogP contribution in [0, 0.1) is 13.8 Å². The molecule has 0 bridgehead atoms. The first kappa shape index (κ1) is 18.8. The average Bonchev–Trinajstić information content (AvgIpc) is 3.03. The second-order valence-electron chi connectivity index (χ2n) is 7.57. The van der Waals surface area contributed by atoms with Crippen LogP contribution in [0.3, 0.4) is 0 Å². The van der Waals surface area contributed by atoms with Crippen molar-refractivity contribution in [2.75, 3.05) is 4.90 Å². The largest absolute Gasteiger partial charge is 0.450 e. The molecule has 5 rings (SSSR count). The Balaban J connectivity index is 1.83. The highest BCUT2D eigenvalue weighted by atomic mass is 79.9. The van der Waals surface area contributed by atoms with Crippen LogP contribution in [0.5, 0.6) is 0 Å². The second kappa shape index (κ2) is 6.96. The van der Waals surface area contributed by atoms with Crippen molar-refractivity contribution < 1.29 is 9.21 Å². The van der Waals surface area contributed by atoms with Crippen molar-refractivity contribution in [1.82, 2.24) is 0 Å². The molecule has 4 aromatic rings. The van der Waals surface area contributed by atoms with Crippen molar-refractivity contribution >= 4 is 38.5 Å². The fraction of sp³-hybridized carbons (Fsp3) is 0.120. The molecule has 0 N–H and O–H groups in total. The summed E-state index contributed by atoms with van der Waals surface area (Å²) in [4.78, 5) is 28.7. The van der Waals surface area contributed by atoms with Gasteiger partial charge in [0.2, 0.25) is 5.76 Å². The number of fused-ring (bicyclic) bond motifs is 2. The molecule has 1 atom stereocenters. The van der Waals surface area contributed by atoms with Crippen LogP contribution < -0.4 is 10.3 Å². The molecular weight excluding hydrogens is 442 g/mol. The molecule has 0 spiro atoms. The Labute approximate surface area is 181 Å². The minimum atomic E-state index is -0.562. The molecular formula is C25H18BrNO3. The van der Waals surface area contributed by atoms with Crippen molar-refractivity contribution in [1.29, 1.82) is 0 Å². The van der Waals surface area contributed by atoms with E-state index >= 15 is 0 Å². The van der Waals surface area contributed by atoms with Gasteiger partial charge >= 0.3 is 0 Å². The quantitative estimate of drug-likeness (QED) is 0.373. The molecule has 3 aromatic carbocycles. The molecule has 0 saturated carbocycles. The van der Waals surface area contributed by atoms with E-state index < -0.39 is 6.04 Å². The highest BCUT2D eigenvalue weighted by Gasteiger charge is 2.43. The van der Waals surface area contributed by atoms with Gasteiger partial charge in [-0.2, -0.15) is 0 Å². The van der Waals surface area contributed by atoms with Crippen LogP contribution in [0.25, 0.3) is 11.0 Å². The number of amides is 1. The summed E-state index contributed by atoms with van der Waals surface area (Å²) in [6.45, 7) is 4.04. The maximum atomic E-state index is 13.5. The molecule has 0 aliphatic carbocycles. The van der Waals surface area contributed by atoms with Gasteiger partial charge in [-0.3, -0.25) is 14.5 Å². The fourth-order valence-corrected chi connectivity index (χ4v) is 4.47. The predicted molar refractivity (Wildman–Crippen MR) is 121 cm³/mol. The maximum absolute atomic E-state index is 13.5. The topological polar surface area (TPSA) is 50.5 Å². The molecule has 1 unspecified atom stereocenters. The van der Waals surface area contributed by atoms with Crippen molar-refractivity contribution in [3.05, 3.63) is 109 Å². The van der Waals surface area contributed by atoms with Crippen molar-refractivity contribution in [3.8, 4) is 0 Å². The van der Waals surface area contributed by atoms with Gasteiger partial charge in [0.15, 0.2) is 5.43 Å². The van der Waals surface area contributed by atoms with Crippen molar-refractivity contribution in [2.24, 2.45) is 0 Å². The highest BCUT2D eigenvalue weighted by molar-refractivity contribution is 9.10. The third kappa shape index (κ3) is 2.81. The molecule has 0 saturated heterocycles. The van der Waals surface area contributed by atoms with Crippen LogP contribution >= 0.6 is 15.9 Å². The van der Waals surface area contributed by atoms with E-state index in [9.17, 15) is 9.59 Å². The van der Waals surface area contributed by atoms with E-state index in [1.807, 2.05) is 56.3 Å². The molecule has 2 heterocycles. The van der Waals surface area contributed by atoms with Gasteiger partial charge in [-0.25, -0.2) is 0 Å². The molecule has 1 aliphatic rings. The first-order valence-corrected chi connectivity index (χ1v) is 10.5. The smallest absolute Gasteiger partial charge is 0.295 e. The molecule has 30 heavy (non-hydrogen) atoms. The number of aryl methyl sites for hydroxylation is 2. The third-order valence-corrected chi connectivity index (χ3v) is 6.20. The van der Waals surface area contributed by atoms with Crippen LogP contribution in [0.4, 0.5) is 5.69 Å². The Kier molecular flexibility index (Phi) is 4.36. The Morgan fingerprint density at radius 1 is 0.900 bits per heavy atom. The standard InChI is InChI=1S/C25H18BrNO3/c1-14-10-11-18(12-15(14)2)27-22(16-6-5-7-17(26)13-16)21-23(28)19-8-3-4-9-20(19)30-24(21)25(27)29/h3-13,22H,1-2H3. The number of carbonyl (C=O) groups excluding carboxylic acids is 1. The first-order valence-electron chi connectivity index (χ1n) is 9.67. The van der Waals surface area contributed by atoms with Gasteiger partial charge in [-0.15, -0.1) is 0 Å². The summed E-state index contributed by atoms with van der Waals surface area (Å²) < 4.78 is 6.86. The SMILES string of the molecule is Cc1ccc(N2C(=O)c3oc4ccccc4c(=O)c3C2c2cccc(Br)c2)cc1C. The van der Waals surface area contributed by atoms with Crippen LogP contribution in [0.15, 0.2) is 80.4 Å². The number of hydrogen-bond donors (Lipinski definition) is 0. The summed E-state index contributed by atoms with van der Waals surface area (Å²) in [7, 11) is 0. The second-order valence-corrected chi connectivity index (χ2v) is 8.49. The molecule has 4 nitrogen and oxygen atoms in total. The van der Waals surface area contributed by atoms with E-state index in [1.165, 1.54) is 0 Å². The lowest BCUT2D eigenvalue weighted by molar-refractivity contribution is 0.0971. The first-order chi connectivity index (χ1) is 14.5. The van der Waals surface area contributed by atoms with E-state index in [1.54, 1.807) is 29.2 Å². The summed E-state index contributed by atoms with van der Waals surface area (Å²) in [6.07, 6.45) is 0. The summed E-state index contributed by atoms with van der Waals surface area (Å²) in [5.74, 6) is -0.192. The van der Waals surface area contributed by atoms with Crippen LogP contribution in [-0.2, 0) is 0 Å². The summed E-state index contributed by atoms with van der Waals surface area (Å²) in [5, 5.41) is 0.478. The third-order valence-electron chi connectivity index (χ3n) is 5.71. The van der Waals surface area contributed by atoms with Gasteiger partial charge in [0.1, 0.15) is 5.58 Å². The van der Waals surface area contributed by atoms with Crippen LogP contribution in [0.1, 0.15) is 38.9 Å². The Hall–Kier alpha value is -3.18. The van der Waals surface area contributed by atoms with Crippen molar-refractivity contribution in [2.45, 2.75) is 19.9 Å². The predicted octanol–water partition coefficient (Wildman–Crippen LogP) is 5.92. The number of para-hydroxylation sites is 1. The Morgan fingerprint density at radius 2 is 1.70 bits per heavy atom. The zero-order valence-corrected chi connectivity index (χ0v) is 18.1. The van der Waals surface area contributed by atoms with E-state index in [0.29, 0.717) is 16.5 Å². The molecule has 1 aliphatic heterocycles. The number of anilines is 1. The Bertz CT molecular complexity index is 1390. The lowest BCUT2D eigenvalue weighted by Crippen LogP contribution is -2.29. The monoisotopic (exact) mass is 459 g/mol. The van der Waals surface area contributed by atoms with E-state index in [0.717, 1.165) is 26.9 Å². The minimum Gasteiger partial charge on any atom is -0.450 e. The van der Waals surface area contributed by atoms with Gasteiger partial charge in [0.25, 0.3) is 5.91 Å². The molecule has 1 aromatic heterocycles. The summed E-state index contributed by atoms with van der Waals surface area (Å²) in [6, 6.07) is 20.1. The molecule has 0 fully saturated rings. The zero-order valence-electron chi connectivity index (χ0n) is 16.5. The number of benzene rings is 3. The van der Waals surface area contributed by atoms with E-state index in [-0.39, 0.29) is 17.1 Å². The molecule has 148 valence electrons. The van der Waals surface area contributed by atoms with Gasteiger partial charge in [-0.1, -0.05) is 46.3 Å². The van der Waals surface area contributed by atoms with Crippen molar-refractivity contribution in [3.63, 3.8) is 0 Å². The van der Waals surface area contributed by atoms with Gasteiger partial charge in [0, 0.05) is 10.2 Å². The Morgan fingerprint density at radius 3 is 2.47 bits per heavy atom. The number of hydrogen-bond acceptors (Lipinski definition) is 3. The zero-order chi connectivity index (χ0) is 21.0. The van der Waals surface area contributed by atoms with Gasteiger partial charge in [-0.05, 0) is 66.9 Å². The fourth-order valence-electron chi connectivity index (χ4n) is 4.05. The summed E-state index contributed by atoms with van der Waals surface area (Å²) in [5.41, 5.74) is 4.44. The molecule has 0 radical (unpaired) electrons. The van der Waals surface area contributed by atoms with Gasteiger partial charge in [0.05, 0.1) is 17.0 Å². The average molecular weight is 460 g/mol. The minimum absolute atomic E-state index is 0.113. The van der Waals surface area contributed by atoms with Gasteiger partial charge < -0.3 is 4.42 Å². The van der Waals surface area contributed by atoms with Crippen LogP contribution in [0.2, 0.25) is 0 Å². The van der Waals surface area contributed by atoms with Crippen LogP contribution in [-0.4, -0.2) is 5.91 Å². The normalized spacial score (nSPS) is 15.6. The maximum Gasteiger partial charge on any atom is 0.295 e. The number of carbonyl (C=O) groups is 1. The highest BCUT2D eigenvalue weighted by Crippen LogP contribution is 2.42. The number of nitrogens with zero attached hydrogens (tertiary/aromatic N) is 1. The summed E-state index contributed by atoms with van der Waals surface area (Å²) >= 11 is 3.51. The number of rotatable bonds is 2.